The van der Waals surface area contributed by atoms with Crippen LogP contribution in [0.1, 0.15) is 174 Å². The van der Waals surface area contributed by atoms with Crippen LogP contribution in [0.15, 0.2) is 48.8 Å². The van der Waals surface area contributed by atoms with Crippen LogP contribution in [-0.4, -0.2) is 35.1 Å². The normalized spacial score (nSPS) is 13.1. The summed E-state index contributed by atoms with van der Waals surface area (Å²) >= 11 is 0. The largest absolute Gasteiger partial charge is 0.498 e. The molecule has 0 aromatic rings. The monoisotopic (exact) mass is 682 g/mol. The number of allylic oxidation sites excluding steroid dienone is 7. The van der Waals surface area contributed by atoms with E-state index in [1.165, 1.54) is 109 Å². The van der Waals surface area contributed by atoms with Gasteiger partial charge in [0.25, 0.3) is 0 Å². The van der Waals surface area contributed by atoms with Crippen molar-refractivity contribution in [2.24, 2.45) is 0 Å². The van der Waals surface area contributed by atoms with Crippen molar-refractivity contribution < 1.29 is 33.1 Å². The van der Waals surface area contributed by atoms with Crippen LogP contribution < -0.4 is 0 Å². The molecule has 0 amide bonds. The summed E-state index contributed by atoms with van der Waals surface area (Å²) in [5, 5.41) is 0. The predicted molar refractivity (Wildman–Crippen MR) is 197 cm³/mol. The molecule has 0 fully saturated rings. The highest BCUT2D eigenvalue weighted by molar-refractivity contribution is 7.46. The van der Waals surface area contributed by atoms with Crippen molar-refractivity contribution in [3.05, 3.63) is 48.8 Å². The first-order valence-electron chi connectivity index (χ1n) is 19.0. The van der Waals surface area contributed by atoms with Gasteiger partial charge in [0.1, 0.15) is 6.61 Å². The number of carbonyl (C=O) groups is 1. The lowest BCUT2D eigenvalue weighted by molar-refractivity contribution is -0.153. The number of hydrogen-bond donors (Lipinski definition) is 2. The van der Waals surface area contributed by atoms with Crippen LogP contribution in [0.2, 0.25) is 0 Å². The first kappa shape index (κ1) is 45.3. The highest BCUT2D eigenvalue weighted by Gasteiger charge is 2.21. The number of carbonyl (C=O) groups excluding carboxylic acids is 1. The van der Waals surface area contributed by atoms with E-state index in [0.29, 0.717) is 6.42 Å². The van der Waals surface area contributed by atoms with E-state index in [-0.39, 0.29) is 13.0 Å². The molecule has 7 nitrogen and oxygen atoms in total. The summed E-state index contributed by atoms with van der Waals surface area (Å²) < 4.78 is 26.6. The molecule has 0 rings (SSSR count). The molecule has 0 aromatic heterocycles. The van der Waals surface area contributed by atoms with Gasteiger partial charge in [-0.2, -0.15) is 0 Å². The molecule has 0 bridgehead atoms. The molecule has 2 N–H and O–H groups in total. The average molecular weight is 683 g/mol. The van der Waals surface area contributed by atoms with Gasteiger partial charge < -0.3 is 19.3 Å². The van der Waals surface area contributed by atoms with E-state index in [1.54, 1.807) is 6.26 Å². The standard InChI is InChI=1S/C39H71O7P/c1-3-5-7-9-11-13-15-17-19-21-23-25-27-29-31-33-35-44-36-38(37-45-47(41,42)43)46-39(40)34-32-30-28-26-24-22-20-18-16-14-12-10-8-6-4-2/h12,14,18,20,24,26,33,35,38H,3-11,13,15-17,19,21-23,25,27-32,34,36-37H2,1-2H3,(H2,41,42,43)/b14-12-,20-18-,26-24-,35-33-/t38-/m1/s1. The summed E-state index contributed by atoms with van der Waals surface area (Å²) in [5.41, 5.74) is 0. The molecule has 1 atom stereocenters. The van der Waals surface area contributed by atoms with Crippen LogP contribution in [0.25, 0.3) is 0 Å². The Morgan fingerprint density at radius 1 is 0.574 bits per heavy atom. The summed E-state index contributed by atoms with van der Waals surface area (Å²) in [5.74, 6) is -0.422. The Kier molecular flexibility index (Phi) is 34.4. The van der Waals surface area contributed by atoms with E-state index in [4.69, 9.17) is 19.3 Å². The summed E-state index contributed by atoms with van der Waals surface area (Å²) in [6, 6.07) is 0. The lowest BCUT2D eigenvalue weighted by Crippen LogP contribution is -2.27. The van der Waals surface area contributed by atoms with Gasteiger partial charge in [-0.15, -0.1) is 0 Å². The van der Waals surface area contributed by atoms with Crippen LogP contribution in [0.4, 0.5) is 0 Å². The summed E-state index contributed by atoms with van der Waals surface area (Å²) in [7, 11) is -4.68. The molecule has 274 valence electrons. The second-order valence-electron chi connectivity index (χ2n) is 12.6. The van der Waals surface area contributed by atoms with Gasteiger partial charge in [-0.1, -0.05) is 147 Å². The van der Waals surface area contributed by atoms with Gasteiger partial charge >= 0.3 is 13.8 Å². The third-order valence-electron chi connectivity index (χ3n) is 7.95. The van der Waals surface area contributed by atoms with Crippen molar-refractivity contribution in [3.63, 3.8) is 0 Å². The predicted octanol–water partition coefficient (Wildman–Crippen LogP) is 12.0. The number of rotatable bonds is 35. The first-order chi connectivity index (χ1) is 22.9. The zero-order valence-electron chi connectivity index (χ0n) is 30.2. The number of ether oxygens (including phenoxy) is 2. The van der Waals surface area contributed by atoms with Gasteiger partial charge in [-0.3, -0.25) is 9.32 Å². The van der Waals surface area contributed by atoms with Gasteiger partial charge in [0.2, 0.25) is 0 Å². The van der Waals surface area contributed by atoms with Gasteiger partial charge in [-0.05, 0) is 63.9 Å². The highest BCUT2D eigenvalue weighted by atomic mass is 31.2. The molecule has 0 aliphatic heterocycles. The SMILES string of the molecule is CCCCC/C=C\C/C=C\C/C=C\CCCCC(=O)O[C@H](CO/C=C\CCCCCCCCCCCCCCCC)COP(=O)(O)O. The second kappa shape index (κ2) is 35.6. The zero-order chi connectivity index (χ0) is 34.5. The van der Waals surface area contributed by atoms with E-state index in [1.807, 2.05) is 6.08 Å². The molecule has 0 spiro atoms. The average Bonchev–Trinajstić information content (AvgIpc) is 3.04. The third kappa shape index (κ3) is 38.7. The van der Waals surface area contributed by atoms with Gasteiger partial charge in [0.05, 0.1) is 12.9 Å². The van der Waals surface area contributed by atoms with Crippen molar-refractivity contribution in [1.82, 2.24) is 0 Å². The second-order valence-corrected chi connectivity index (χ2v) is 13.9. The molecule has 0 aliphatic carbocycles. The number of phosphoric acid groups is 1. The Labute approximate surface area is 288 Å². The minimum atomic E-state index is -4.68. The summed E-state index contributed by atoms with van der Waals surface area (Å²) in [4.78, 5) is 30.4. The number of unbranched alkanes of at least 4 members (excludes halogenated alkanes) is 19. The molecular weight excluding hydrogens is 611 g/mol. The fourth-order valence-corrected chi connectivity index (χ4v) is 5.48. The Morgan fingerprint density at radius 3 is 1.53 bits per heavy atom. The summed E-state index contributed by atoms with van der Waals surface area (Å²) in [6.07, 6.45) is 44.8. The van der Waals surface area contributed by atoms with Crippen molar-refractivity contribution in [1.29, 1.82) is 0 Å². The fraction of sp³-hybridized carbons (Fsp3) is 0.769. The number of hydrogen-bond acceptors (Lipinski definition) is 5. The Hall–Kier alpha value is -1.66. The van der Waals surface area contributed by atoms with E-state index >= 15 is 0 Å². The Balaban J connectivity index is 3.96. The van der Waals surface area contributed by atoms with Gasteiger partial charge in [-0.25, -0.2) is 4.57 Å². The molecule has 47 heavy (non-hydrogen) atoms. The summed E-state index contributed by atoms with van der Waals surface area (Å²) in [6.45, 7) is 4.04. The Bertz CT molecular complexity index is 846. The van der Waals surface area contributed by atoms with Crippen molar-refractivity contribution in [3.8, 4) is 0 Å². The lowest BCUT2D eigenvalue weighted by atomic mass is 10.0. The van der Waals surface area contributed by atoms with Crippen LogP contribution in [0.3, 0.4) is 0 Å². The molecule has 0 heterocycles. The first-order valence-corrected chi connectivity index (χ1v) is 20.5. The maximum atomic E-state index is 12.3. The molecule has 8 heteroatoms. The van der Waals surface area contributed by atoms with E-state index in [2.05, 4.69) is 54.8 Å². The Morgan fingerprint density at radius 2 is 1.00 bits per heavy atom. The number of phosphoric ester groups is 1. The fourth-order valence-electron chi connectivity index (χ4n) is 5.12. The van der Waals surface area contributed by atoms with Crippen molar-refractivity contribution in [2.45, 2.75) is 180 Å². The highest BCUT2D eigenvalue weighted by Crippen LogP contribution is 2.35. The molecule has 0 saturated heterocycles. The molecule has 0 aliphatic rings. The van der Waals surface area contributed by atoms with E-state index in [9.17, 15) is 9.36 Å². The third-order valence-corrected chi connectivity index (χ3v) is 8.43. The topological polar surface area (TPSA) is 102 Å². The van der Waals surface area contributed by atoms with Gasteiger partial charge in [0.15, 0.2) is 6.10 Å². The van der Waals surface area contributed by atoms with Crippen LogP contribution in [-0.2, 0) is 23.4 Å². The van der Waals surface area contributed by atoms with Crippen LogP contribution in [0, 0.1) is 0 Å². The van der Waals surface area contributed by atoms with Crippen LogP contribution in [0.5, 0.6) is 0 Å². The maximum absolute atomic E-state index is 12.3. The number of esters is 1. The maximum Gasteiger partial charge on any atom is 0.469 e. The van der Waals surface area contributed by atoms with Crippen molar-refractivity contribution >= 4 is 13.8 Å². The minimum Gasteiger partial charge on any atom is -0.498 e. The van der Waals surface area contributed by atoms with Crippen molar-refractivity contribution in [2.75, 3.05) is 13.2 Å². The van der Waals surface area contributed by atoms with Gasteiger partial charge in [0, 0.05) is 6.42 Å². The zero-order valence-corrected chi connectivity index (χ0v) is 31.1. The molecular formula is C39H71O7P. The van der Waals surface area contributed by atoms with E-state index in [0.717, 1.165) is 38.5 Å². The quantitative estimate of drug-likeness (QED) is 0.0225. The smallest absolute Gasteiger partial charge is 0.469 e. The molecule has 0 radical (unpaired) electrons. The lowest BCUT2D eigenvalue weighted by Gasteiger charge is -2.18. The molecule has 0 aromatic carbocycles. The molecule has 0 saturated carbocycles. The minimum absolute atomic E-state index is 0.0219. The molecule has 0 unspecified atom stereocenters. The van der Waals surface area contributed by atoms with E-state index < -0.39 is 26.5 Å². The van der Waals surface area contributed by atoms with Crippen LogP contribution >= 0.6 is 7.82 Å².